The predicted molar refractivity (Wildman–Crippen MR) is 112 cm³/mol. The molecule has 0 bridgehead atoms. The molecule has 1 fully saturated rings. The highest BCUT2D eigenvalue weighted by atomic mass is 32.2. The Balaban J connectivity index is 1.54. The first-order chi connectivity index (χ1) is 13.3. The van der Waals surface area contributed by atoms with Crippen molar-refractivity contribution in [3.63, 3.8) is 0 Å². The predicted octanol–water partition coefficient (Wildman–Crippen LogP) is 1.98. The third-order valence-electron chi connectivity index (χ3n) is 4.43. The fraction of sp³-hybridized carbons (Fsp3) is 0.400. The van der Waals surface area contributed by atoms with Crippen molar-refractivity contribution in [3.05, 3.63) is 54.7 Å². The van der Waals surface area contributed by atoms with Gasteiger partial charge in [0, 0.05) is 49.6 Å². The zero-order valence-electron chi connectivity index (χ0n) is 15.8. The third-order valence-corrected chi connectivity index (χ3v) is 5.78. The summed E-state index contributed by atoms with van der Waals surface area (Å²) in [4.78, 5) is 14.6. The summed E-state index contributed by atoms with van der Waals surface area (Å²) in [5, 5.41) is 3.36. The van der Waals surface area contributed by atoms with Gasteiger partial charge in [-0.2, -0.15) is 0 Å². The van der Waals surface area contributed by atoms with Crippen molar-refractivity contribution in [3.8, 4) is 0 Å². The fourth-order valence-corrected chi connectivity index (χ4v) is 3.99. The summed E-state index contributed by atoms with van der Waals surface area (Å²) in [6.45, 7) is 7.05. The summed E-state index contributed by atoms with van der Waals surface area (Å²) in [7, 11) is -1.01. The van der Waals surface area contributed by atoms with Crippen LogP contribution in [0.1, 0.15) is 6.92 Å². The maximum atomic E-state index is 12.4. The molecule has 0 spiro atoms. The zero-order valence-corrected chi connectivity index (χ0v) is 16.6. The molecule has 1 unspecified atom stereocenters. The van der Waals surface area contributed by atoms with Gasteiger partial charge in [-0.25, -0.2) is 4.98 Å². The van der Waals surface area contributed by atoms with Crippen LogP contribution in [0, 0.1) is 0 Å². The number of hydrogen-bond donors (Lipinski definition) is 1. The second-order valence-electron chi connectivity index (χ2n) is 6.26. The average Bonchev–Trinajstić information content (AvgIpc) is 2.74. The number of guanidine groups is 1. The number of aromatic nitrogens is 1. The molecule has 1 saturated heterocycles. The number of pyridine rings is 1. The van der Waals surface area contributed by atoms with E-state index >= 15 is 0 Å². The van der Waals surface area contributed by atoms with Crippen LogP contribution >= 0.6 is 0 Å². The first-order valence-electron chi connectivity index (χ1n) is 9.40. The molecular weight excluding hydrogens is 358 g/mol. The summed E-state index contributed by atoms with van der Waals surface area (Å²) in [5.41, 5.74) is 0. The monoisotopic (exact) mass is 385 g/mol. The summed E-state index contributed by atoms with van der Waals surface area (Å²) < 4.78 is 12.4. The van der Waals surface area contributed by atoms with Crippen LogP contribution in [0.4, 0.5) is 5.82 Å². The van der Waals surface area contributed by atoms with Gasteiger partial charge in [-0.3, -0.25) is 9.20 Å². The van der Waals surface area contributed by atoms with Crippen molar-refractivity contribution < 1.29 is 4.21 Å². The number of nitrogens with one attached hydrogen (secondary N) is 1. The van der Waals surface area contributed by atoms with E-state index in [1.807, 2.05) is 54.7 Å². The van der Waals surface area contributed by atoms with E-state index in [0.29, 0.717) is 12.3 Å². The molecule has 0 amide bonds. The van der Waals surface area contributed by atoms with Crippen LogP contribution < -0.4 is 10.2 Å². The van der Waals surface area contributed by atoms with E-state index in [9.17, 15) is 4.21 Å². The van der Waals surface area contributed by atoms with Crippen LogP contribution in [0.3, 0.4) is 0 Å². The van der Waals surface area contributed by atoms with Crippen LogP contribution in [0.15, 0.2) is 64.6 Å². The Kier molecular flexibility index (Phi) is 7.21. The van der Waals surface area contributed by atoms with Crippen LogP contribution in [0.5, 0.6) is 0 Å². The number of aliphatic imine (C=N–C) groups is 1. The maximum Gasteiger partial charge on any atom is 0.194 e. The number of rotatable bonds is 6. The van der Waals surface area contributed by atoms with Gasteiger partial charge in [0.2, 0.25) is 0 Å². The molecule has 1 aliphatic heterocycles. The van der Waals surface area contributed by atoms with Crippen molar-refractivity contribution in [2.45, 2.75) is 11.8 Å². The molecule has 2 heterocycles. The van der Waals surface area contributed by atoms with Gasteiger partial charge < -0.3 is 15.1 Å². The minimum Gasteiger partial charge on any atom is -0.357 e. The van der Waals surface area contributed by atoms with Gasteiger partial charge in [-0.15, -0.1) is 0 Å². The summed E-state index contributed by atoms with van der Waals surface area (Å²) in [6, 6.07) is 15.6. The zero-order chi connectivity index (χ0) is 18.9. The second kappa shape index (κ2) is 10.1. The topological polar surface area (TPSA) is 60.8 Å². The van der Waals surface area contributed by atoms with Gasteiger partial charge in [0.1, 0.15) is 5.82 Å². The SMILES string of the molecule is CCNC(=NCCS(=O)c1ccccc1)N1CCN(c2ccccn2)CC1. The molecule has 0 saturated carbocycles. The van der Waals surface area contributed by atoms with Crippen molar-refractivity contribution in [1.82, 2.24) is 15.2 Å². The van der Waals surface area contributed by atoms with E-state index in [1.165, 1.54) is 0 Å². The van der Waals surface area contributed by atoms with Gasteiger partial charge in [0.05, 0.1) is 17.3 Å². The Labute approximate surface area is 163 Å². The lowest BCUT2D eigenvalue weighted by molar-refractivity contribution is 0.372. The molecule has 3 rings (SSSR count). The molecule has 2 aromatic rings. The summed E-state index contributed by atoms with van der Waals surface area (Å²) in [5.74, 6) is 2.47. The van der Waals surface area contributed by atoms with Gasteiger partial charge in [-0.1, -0.05) is 24.3 Å². The molecule has 27 heavy (non-hydrogen) atoms. The maximum absolute atomic E-state index is 12.4. The third kappa shape index (κ3) is 5.53. The standard InChI is InChI=1S/C20H27N5OS/c1-2-21-20(23-12-17-27(26)18-8-4-3-5-9-18)25-15-13-24(14-16-25)19-10-6-7-11-22-19/h3-11H,2,12-17H2,1H3,(H,21,23). The molecule has 1 aromatic carbocycles. The van der Waals surface area contributed by atoms with E-state index in [0.717, 1.165) is 49.4 Å². The average molecular weight is 386 g/mol. The Hall–Kier alpha value is -2.41. The molecule has 1 atom stereocenters. The summed E-state index contributed by atoms with van der Waals surface area (Å²) in [6.07, 6.45) is 1.83. The van der Waals surface area contributed by atoms with E-state index in [2.05, 4.69) is 27.0 Å². The smallest absolute Gasteiger partial charge is 0.194 e. The molecule has 1 aliphatic rings. The van der Waals surface area contributed by atoms with Crippen molar-refractivity contribution >= 4 is 22.6 Å². The first kappa shape index (κ1) is 19.4. The minimum absolute atomic E-state index is 0.535. The molecule has 0 aliphatic carbocycles. The molecular formula is C20H27N5OS. The van der Waals surface area contributed by atoms with Gasteiger partial charge >= 0.3 is 0 Å². The van der Waals surface area contributed by atoms with E-state index in [4.69, 9.17) is 4.99 Å². The Bertz CT molecular complexity index is 745. The number of anilines is 1. The highest BCUT2D eigenvalue weighted by Crippen LogP contribution is 2.12. The van der Waals surface area contributed by atoms with Crippen molar-refractivity contribution in [2.75, 3.05) is 49.9 Å². The van der Waals surface area contributed by atoms with Crippen LogP contribution in [-0.4, -0.2) is 65.1 Å². The Morgan fingerprint density at radius 2 is 1.85 bits per heavy atom. The van der Waals surface area contributed by atoms with E-state index in [1.54, 1.807) is 0 Å². The van der Waals surface area contributed by atoms with Gasteiger partial charge in [-0.05, 0) is 31.2 Å². The minimum atomic E-state index is -1.01. The van der Waals surface area contributed by atoms with Crippen molar-refractivity contribution in [1.29, 1.82) is 0 Å². The summed E-state index contributed by atoms with van der Waals surface area (Å²) >= 11 is 0. The molecule has 144 valence electrons. The largest absolute Gasteiger partial charge is 0.357 e. The lowest BCUT2D eigenvalue weighted by Crippen LogP contribution is -2.52. The lowest BCUT2D eigenvalue weighted by atomic mass is 10.3. The molecule has 1 N–H and O–H groups in total. The Morgan fingerprint density at radius 3 is 2.52 bits per heavy atom. The lowest BCUT2D eigenvalue weighted by Gasteiger charge is -2.37. The van der Waals surface area contributed by atoms with E-state index < -0.39 is 10.8 Å². The first-order valence-corrected chi connectivity index (χ1v) is 10.7. The Morgan fingerprint density at radius 1 is 1.11 bits per heavy atom. The van der Waals surface area contributed by atoms with Gasteiger partial charge in [0.25, 0.3) is 0 Å². The number of hydrogen-bond acceptors (Lipinski definition) is 4. The van der Waals surface area contributed by atoms with Crippen LogP contribution in [-0.2, 0) is 10.8 Å². The number of nitrogens with zero attached hydrogens (tertiary/aromatic N) is 4. The number of benzene rings is 1. The van der Waals surface area contributed by atoms with Gasteiger partial charge in [0.15, 0.2) is 5.96 Å². The molecule has 0 radical (unpaired) electrons. The molecule has 7 heteroatoms. The highest BCUT2D eigenvalue weighted by molar-refractivity contribution is 7.85. The molecule has 6 nitrogen and oxygen atoms in total. The highest BCUT2D eigenvalue weighted by Gasteiger charge is 2.20. The normalized spacial score (nSPS) is 16.3. The van der Waals surface area contributed by atoms with Crippen LogP contribution in [0.25, 0.3) is 0 Å². The van der Waals surface area contributed by atoms with Crippen molar-refractivity contribution in [2.24, 2.45) is 4.99 Å². The van der Waals surface area contributed by atoms with Crippen LogP contribution in [0.2, 0.25) is 0 Å². The molecule has 1 aromatic heterocycles. The quantitative estimate of drug-likeness (QED) is 0.609. The fourth-order valence-electron chi connectivity index (χ4n) is 3.04. The van der Waals surface area contributed by atoms with E-state index in [-0.39, 0.29) is 0 Å². The number of piperazine rings is 1. The second-order valence-corrected chi connectivity index (χ2v) is 7.83.